The fraction of sp³-hybridized carbons (Fsp3) is 0.333. The Kier molecular flexibility index (Phi) is 5.49. The molecule has 0 amide bonds. The van der Waals surface area contributed by atoms with E-state index in [0.29, 0.717) is 0 Å². The van der Waals surface area contributed by atoms with Gasteiger partial charge >= 0.3 is 0 Å². The standard InChI is InChI=1S/C21H26N2/c1-22(15-12-19-8-4-2-5-9-19)21-13-16-23(17-14-21)18-20-10-6-3-7-11-20/h2-11,13H,12,14-18H2,1H3. The van der Waals surface area contributed by atoms with Gasteiger partial charge in [-0.05, 0) is 24.0 Å². The summed E-state index contributed by atoms with van der Waals surface area (Å²) in [7, 11) is 2.22. The average Bonchev–Trinajstić information content (AvgIpc) is 2.62. The Labute approximate surface area is 140 Å². The Morgan fingerprint density at radius 2 is 1.57 bits per heavy atom. The number of hydrogen-bond donors (Lipinski definition) is 0. The fourth-order valence-electron chi connectivity index (χ4n) is 3.12. The second-order valence-electron chi connectivity index (χ2n) is 6.32. The van der Waals surface area contributed by atoms with Gasteiger partial charge in [0.25, 0.3) is 0 Å². The van der Waals surface area contributed by atoms with Crippen LogP contribution in [0.2, 0.25) is 0 Å². The quantitative estimate of drug-likeness (QED) is 0.797. The van der Waals surface area contributed by atoms with Crippen LogP contribution in [0.1, 0.15) is 17.5 Å². The van der Waals surface area contributed by atoms with E-state index in [0.717, 1.165) is 39.0 Å². The molecule has 0 bridgehead atoms. The van der Waals surface area contributed by atoms with E-state index >= 15 is 0 Å². The molecule has 0 N–H and O–H groups in total. The van der Waals surface area contributed by atoms with E-state index in [4.69, 9.17) is 0 Å². The lowest BCUT2D eigenvalue weighted by molar-refractivity contribution is 0.261. The molecule has 0 spiro atoms. The summed E-state index contributed by atoms with van der Waals surface area (Å²) in [5.41, 5.74) is 4.31. The van der Waals surface area contributed by atoms with Crippen LogP contribution in [0.3, 0.4) is 0 Å². The summed E-state index contributed by atoms with van der Waals surface area (Å²) in [6.45, 7) is 4.35. The van der Waals surface area contributed by atoms with Crippen molar-refractivity contribution in [1.82, 2.24) is 9.80 Å². The van der Waals surface area contributed by atoms with Gasteiger partial charge < -0.3 is 4.90 Å². The van der Waals surface area contributed by atoms with Gasteiger partial charge in [-0.25, -0.2) is 0 Å². The van der Waals surface area contributed by atoms with E-state index in [1.165, 1.54) is 16.8 Å². The molecule has 2 aromatic rings. The van der Waals surface area contributed by atoms with Crippen LogP contribution in [0, 0.1) is 0 Å². The summed E-state index contributed by atoms with van der Waals surface area (Å²) < 4.78 is 0. The van der Waals surface area contributed by atoms with Crippen molar-refractivity contribution >= 4 is 0 Å². The Bertz CT molecular complexity index is 619. The van der Waals surface area contributed by atoms with Crippen LogP contribution in [-0.2, 0) is 13.0 Å². The van der Waals surface area contributed by atoms with Crippen molar-refractivity contribution in [3.05, 3.63) is 83.6 Å². The van der Waals surface area contributed by atoms with Gasteiger partial charge in [-0.2, -0.15) is 0 Å². The number of rotatable bonds is 6. The van der Waals surface area contributed by atoms with Crippen molar-refractivity contribution in [2.24, 2.45) is 0 Å². The molecule has 1 heterocycles. The van der Waals surface area contributed by atoms with Crippen LogP contribution < -0.4 is 0 Å². The van der Waals surface area contributed by atoms with E-state index in [-0.39, 0.29) is 0 Å². The van der Waals surface area contributed by atoms with Crippen molar-refractivity contribution < 1.29 is 0 Å². The molecule has 2 nitrogen and oxygen atoms in total. The van der Waals surface area contributed by atoms with Crippen LogP contribution in [-0.4, -0.2) is 36.5 Å². The highest BCUT2D eigenvalue weighted by Crippen LogP contribution is 2.16. The summed E-state index contributed by atoms with van der Waals surface area (Å²) in [5, 5.41) is 0. The van der Waals surface area contributed by atoms with Crippen LogP contribution in [0.5, 0.6) is 0 Å². The van der Waals surface area contributed by atoms with E-state index in [1.54, 1.807) is 0 Å². The number of hydrogen-bond acceptors (Lipinski definition) is 2. The maximum absolute atomic E-state index is 2.52. The van der Waals surface area contributed by atoms with Gasteiger partial charge in [0.15, 0.2) is 0 Å². The smallest absolute Gasteiger partial charge is 0.0237 e. The number of likely N-dealkylation sites (N-methyl/N-ethyl adjacent to an activating group) is 1. The normalized spacial score (nSPS) is 15.3. The third kappa shape index (κ3) is 4.70. The predicted molar refractivity (Wildman–Crippen MR) is 97.2 cm³/mol. The lowest BCUT2D eigenvalue weighted by Gasteiger charge is -2.31. The molecule has 0 aromatic heterocycles. The fourth-order valence-corrected chi connectivity index (χ4v) is 3.12. The molecule has 0 radical (unpaired) electrons. The van der Waals surface area contributed by atoms with Crippen molar-refractivity contribution in [2.75, 3.05) is 26.7 Å². The van der Waals surface area contributed by atoms with Gasteiger partial charge in [0.1, 0.15) is 0 Å². The van der Waals surface area contributed by atoms with E-state index < -0.39 is 0 Å². The zero-order valence-electron chi connectivity index (χ0n) is 14.0. The molecule has 3 rings (SSSR count). The summed E-state index contributed by atoms with van der Waals surface area (Å²) in [6.07, 6.45) is 4.66. The first-order valence-electron chi connectivity index (χ1n) is 8.51. The molecule has 0 fully saturated rings. The first-order chi connectivity index (χ1) is 11.3. The number of nitrogens with zero attached hydrogens (tertiary/aromatic N) is 2. The molecular weight excluding hydrogens is 280 g/mol. The van der Waals surface area contributed by atoms with Crippen LogP contribution in [0.4, 0.5) is 0 Å². The average molecular weight is 306 g/mol. The predicted octanol–water partition coefficient (Wildman–Crippen LogP) is 3.95. The zero-order valence-corrected chi connectivity index (χ0v) is 14.0. The topological polar surface area (TPSA) is 6.48 Å². The van der Waals surface area contributed by atoms with E-state index in [1.807, 2.05) is 0 Å². The molecule has 120 valence electrons. The van der Waals surface area contributed by atoms with Crippen LogP contribution in [0.25, 0.3) is 0 Å². The highest BCUT2D eigenvalue weighted by Gasteiger charge is 2.14. The summed E-state index contributed by atoms with van der Waals surface area (Å²) in [6, 6.07) is 21.5. The molecule has 2 heteroatoms. The maximum Gasteiger partial charge on any atom is 0.0237 e. The number of benzene rings is 2. The molecule has 0 unspecified atom stereocenters. The Morgan fingerprint density at radius 1 is 0.913 bits per heavy atom. The van der Waals surface area contributed by atoms with Crippen molar-refractivity contribution in [3.63, 3.8) is 0 Å². The first-order valence-corrected chi connectivity index (χ1v) is 8.51. The van der Waals surface area contributed by atoms with Gasteiger partial charge in [-0.1, -0.05) is 66.7 Å². The summed E-state index contributed by atoms with van der Waals surface area (Å²) in [4.78, 5) is 4.94. The van der Waals surface area contributed by atoms with E-state index in [9.17, 15) is 0 Å². The molecule has 2 aromatic carbocycles. The van der Waals surface area contributed by atoms with Crippen LogP contribution in [0.15, 0.2) is 72.4 Å². The first kappa shape index (κ1) is 15.8. The lowest BCUT2D eigenvalue weighted by atomic mass is 10.1. The van der Waals surface area contributed by atoms with Crippen molar-refractivity contribution in [2.45, 2.75) is 19.4 Å². The maximum atomic E-state index is 2.52. The molecule has 0 saturated heterocycles. The minimum atomic E-state index is 1.05. The summed E-state index contributed by atoms with van der Waals surface area (Å²) in [5.74, 6) is 0. The molecular formula is C21H26N2. The highest BCUT2D eigenvalue weighted by molar-refractivity contribution is 5.17. The monoisotopic (exact) mass is 306 g/mol. The van der Waals surface area contributed by atoms with Crippen molar-refractivity contribution in [3.8, 4) is 0 Å². The van der Waals surface area contributed by atoms with Gasteiger partial charge in [0.05, 0.1) is 0 Å². The molecule has 1 aliphatic heterocycles. The zero-order chi connectivity index (χ0) is 15.9. The Morgan fingerprint density at radius 3 is 2.17 bits per heavy atom. The minimum absolute atomic E-state index is 1.05. The largest absolute Gasteiger partial charge is 0.378 e. The van der Waals surface area contributed by atoms with E-state index in [2.05, 4.69) is 83.6 Å². The van der Waals surface area contributed by atoms with Gasteiger partial charge in [0.2, 0.25) is 0 Å². The Hall–Kier alpha value is -2.06. The molecule has 0 aliphatic carbocycles. The third-order valence-corrected chi connectivity index (χ3v) is 4.59. The molecule has 23 heavy (non-hydrogen) atoms. The molecule has 0 atom stereocenters. The van der Waals surface area contributed by atoms with Gasteiger partial charge in [-0.15, -0.1) is 0 Å². The minimum Gasteiger partial charge on any atom is -0.378 e. The summed E-state index contributed by atoms with van der Waals surface area (Å²) >= 11 is 0. The highest BCUT2D eigenvalue weighted by atomic mass is 15.2. The SMILES string of the molecule is CN(CCc1ccccc1)C1=CCN(Cc2ccccc2)CC1. The lowest BCUT2D eigenvalue weighted by Crippen LogP contribution is -2.32. The van der Waals surface area contributed by atoms with Gasteiger partial charge in [-0.3, -0.25) is 4.90 Å². The molecule has 1 aliphatic rings. The van der Waals surface area contributed by atoms with Crippen molar-refractivity contribution in [1.29, 1.82) is 0 Å². The second-order valence-corrected chi connectivity index (χ2v) is 6.32. The third-order valence-electron chi connectivity index (χ3n) is 4.59. The van der Waals surface area contributed by atoms with Crippen LogP contribution >= 0.6 is 0 Å². The van der Waals surface area contributed by atoms with Gasteiger partial charge in [0, 0.05) is 38.9 Å². The molecule has 0 saturated carbocycles. The second kappa shape index (κ2) is 7.98. The Balaban J connectivity index is 1.48.